The lowest BCUT2D eigenvalue weighted by Gasteiger charge is -2.25. The van der Waals surface area contributed by atoms with E-state index in [1.165, 1.54) is 0 Å². The normalized spacial score (nSPS) is 15.5. The van der Waals surface area contributed by atoms with Gasteiger partial charge in [-0.05, 0) is 49.9 Å². The molecule has 1 fully saturated rings. The van der Waals surface area contributed by atoms with Crippen molar-refractivity contribution in [3.63, 3.8) is 0 Å². The molecule has 3 N–H and O–H groups in total. The number of imide groups is 1. The average molecular weight is 415 g/mol. The number of aryl methyl sites for hydroxylation is 2. The Bertz CT molecular complexity index is 959. The Labute approximate surface area is 176 Å². The fourth-order valence-corrected chi connectivity index (χ4v) is 4.27. The number of nitrogens with one attached hydrogen (secondary N) is 3. The van der Waals surface area contributed by atoms with Crippen molar-refractivity contribution in [1.82, 2.24) is 20.7 Å². The van der Waals surface area contributed by atoms with Gasteiger partial charge in [-0.1, -0.05) is 26.7 Å². The van der Waals surface area contributed by atoms with Gasteiger partial charge in [0.2, 0.25) is 5.91 Å². The SMILES string of the molecule is CCCC1(CCC)NC(=O)N(NC(=O)CCc2c(C)[nH]c3ccc(OC)cc23)C1=O. The summed E-state index contributed by atoms with van der Waals surface area (Å²) in [7, 11) is 1.61. The first-order chi connectivity index (χ1) is 14.3. The highest BCUT2D eigenvalue weighted by Crippen LogP contribution is 2.28. The first kappa shape index (κ1) is 21.7. The van der Waals surface area contributed by atoms with Gasteiger partial charge < -0.3 is 15.0 Å². The van der Waals surface area contributed by atoms with Gasteiger partial charge in [-0.3, -0.25) is 15.0 Å². The van der Waals surface area contributed by atoms with E-state index in [1.54, 1.807) is 7.11 Å². The van der Waals surface area contributed by atoms with Gasteiger partial charge in [0.15, 0.2) is 0 Å². The van der Waals surface area contributed by atoms with Crippen LogP contribution in [-0.4, -0.2) is 40.5 Å². The first-order valence-corrected chi connectivity index (χ1v) is 10.5. The molecule has 0 saturated carbocycles. The van der Waals surface area contributed by atoms with Crippen molar-refractivity contribution in [2.75, 3.05) is 7.11 Å². The van der Waals surface area contributed by atoms with Crippen LogP contribution in [0.15, 0.2) is 18.2 Å². The van der Waals surface area contributed by atoms with Gasteiger partial charge >= 0.3 is 6.03 Å². The van der Waals surface area contributed by atoms with Crippen molar-refractivity contribution in [3.8, 4) is 5.75 Å². The van der Waals surface area contributed by atoms with E-state index in [-0.39, 0.29) is 18.2 Å². The quantitative estimate of drug-likeness (QED) is 0.548. The summed E-state index contributed by atoms with van der Waals surface area (Å²) in [5.74, 6) is -0.00812. The summed E-state index contributed by atoms with van der Waals surface area (Å²) >= 11 is 0. The molecule has 4 amide bonds. The number of hydrazine groups is 1. The molecular formula is C22H30N4O4. The molecule has 3 rings (SSSR count). The van der Waals surface area contributed by atoms with E-state index in [1.807, 2.05) is 39.0 Å². The molecule has 0 spiro atoms. The third kappa shape index (κ3) is 3.99. The molecule has 0 radical (unpaired) electrons. The lowest BCUT2D eigenvalue weighted by atomic mass is 9.89. The minimum Gasteiger partial charge on any atom is -0.497 e. The number of fused-ring (bicyclic) bond motifs is 1. The number of amides is 4. The summed E-state index contributed by atoms with van der Waals surface area (Å²) in [6.07, 6.45) is 3.25. The fraction of sp³-hybridized carbons (Fsp3) is 0.500. The Morgan fingerprint density at radius 2 is 1.90 bits per heavy atom. The van der Waals surface area contributed by atoms with Crippen molar-refractivity contribution in [2.45, 2.75) is 64.8 Å². The number of aromatic amines is 1. The zero-order valence-corrected chi connectivity index (χ0v) is 18.1. The summed E-state index contributed by atoms with van der Waals surface area (Å²) in [5, 5.41) is 4.64. The van der Waals surface area contributed by atoms with Gasteiger partial charge in [-0.25, -0.2) is 4.79 Å². The second-order valence-corrected chi connectivity index (χ2v) is 7.83. The van der Waals surface area contributed by atoms with Crippen LogP contribution in [0.5, 0.6) is 5.75 Å². The number of rotatable bonds is 9. The number of H-pyrrole nitrogens is 1. The second kappa shape index (κ2) is 8.77. The van der Waals surface area contributed by atoms with Crippen molar-refractivity contribution < 1.29 is 19.1 Å². The highest BCUT2D eigenvalue weighted by Gasteiger charge is 2.50. The Kier molecular flexibility index (Phi) is 6.34. The Balaban J connectivity index is 1.69. The zero-order chi connectivity index (χ0) is 21.9. The highest BCUT2D eigenvalue weighted by molar-refractivity contribution is 6.08. The molecule has 8 nitrogen and oxygen atoms in total. The summed E-state index contributed by atoms with van der Waals surface area (Å²) in [6, 6.07) is 5.20. The number of carbonyl (C=O) groups is 3. The largest absolute Gasteiger partial charge is 0.497 e. The van der Waals surface area contributed by atoms with Gasteiger partial charge in [0.25, 0.3) is 5.91 Å². The van der Waals surface area contributed by atoms with Gasteiger partial charge in [-0.15, -0.1) is 0 Å². The molecule has 1 aliphatic heterocycles. The van der Waals surface area contributed by atoms with Crippen LogP contribution in [-0.2, 0) is 16.0 Å². The van der Waals surface area contributed by atoms with Gasteiger partial charge in [0.05, 0.1) is 7.11 Å². The molecule has 0 atom stereocenters. The topological polar surface area (TPSA) is 104 Å². The second-order valence-electron chi connectivity index (χ2n) is 7.83. The smallest absolute Gasteiger partial charge is 0.344 e. The van der Waals surface area contributed by atoms with E-state index < -0.39 is 11.6 Å². The lowest BCUT2D eigenvalue weighted by molar-refractivity contribution is -0.139. The molecule has 2 heterocycles. The van der Waals surface area contributed by atoms with Gasteiger partial charge in [0, 0.05) is 23.0 Å². The summed E-state index contributed by atoms with van der Waals surface area (Å²) in [5.41, 5.74) is 4.55. The molecule has 0 aliphatic carbocycles. The zero-order valence-electron chi connectivity index (χ0n) is 18.1. The van der Waals surface area contributed by atoms with Crippen molar-refractivity contribution in [2.24, 2.45) is 0 Å². The predicted octanol–water partition coefficient (Wildman–Crippen LogP) is 3.34. The summed E-state index contributed by atoms with van der Waals surface area (Å²) < 4.78 is 5.30. The average Bonchev–Trinajstić information content (AvgIpc) is 3.14. The Morgan fingerprint density at radius 1 is 1.20 bits per heavy atom. The Morgan fingerprint density at radius 3 is 2.53 bits per heavy atom. The number of aromatic nitrogens is 1. The standard InChI is InChI=1S/C22H30N4O4/c1-5-11-22(12-6-2)20(28)26(21(29)24-22)25-19(27)10-8-16-14(3)23-18-9-7-15(30-4)13-17(16)18/h7,9,13,23H,5-6,8,10-12H2,1-4H3,(H,24,29)(H,25,27). The van der Waals surface area contributed by atoms with Crippen LogP contribution in [0.4, 0.5) is 4.79 Å². The molecule has 2 aromatic rings. The molecule has 8 heteroatoms. The Hall–Kier alpha value is -3.03. The summed E-state index contributed by atoms with van der Waals surface area (Å²) in [6.45, 7) is 5.90. The minimum atomic E-state index is -0.919. The molecule has 0 unspecified atom stereocenters. The number of ether oxygens (including phenoxy) is 1. The van der Waals surface area contributed by atoms with Crippen LogP contribution >= 0.6 is 0 Å². The number of methoxy groups -OCH3 is 1. The van der Waals surface area contributed by atoms with E-state index in [2.05, 4.69) is 15.7 Å². The predicted molar refractivity (Wildman–Crippen MR) is 114 cm³/mol. The first-order valence-electron chi connectivity index (χ1n) is 10.5. The van der Waals surface area contributed by atoms with E-state index in [4.69, 9.17) is 4.74 Å². The monoisotopic (exact) mass is 414 g/mol. The molecule has 1 aromatic carbocycles. The fourth-order valence-electron chi connectivity index (χ4n) is 4.27. The molecule has 1 aliphatic rings. The number of carbonyl (C=O) groups excluding carboxylic acids is 3. The third-order valence-electron chi connectivity index (χ3n) is 5.68. The minimum absolute atomic E-state index is 0.149. The van der Waals surface area contributed by atoms with Crippen molar-refractivity contribution in [1.29, 1.82) is 0 Å². The maximum absolute atomic E-state index is 12.9. The molecule has 0 bridgehead atoms. The van der Waals surface area contributed by atoms with Crippen LogP contribution < -0.4 is 15.5 Å². The number of nitrogens with zero attached hydrogens (tertiary/aromatic N) is 1. The lowest BCUT2D eigenvalue weighted by Crippen LogP contribution is -2.50. The van der Waals surface area contributed by atoms with Crippen LogP contribution in [0.3, 0.4) is 0 Å². The number of benzene rings is 1. The molecule has 162 valence electrons. The number of hydrogen-bond acceptors (Lipinski definition) is 4. The van der Waals surface area contributed by atoms with Gasteiger partial charge in [0.1, 0.15) is 11.3 Å². The number of hydrogen-bond donors (Lipinski definition) is 3. The summed E-state index contributed by atoms with van der Waals surface area (Å²) in [4.78, 5) is 41.1. The molecular weight excluding hydrogens is 384 g/mol. The van der Waals surface area contributed by atoms with Crippen LogP contribution in [0.2, 0.25) is 0 Å². The maximum Gasteiger partial charge on any atom is 0.344 e. The molecule has 30 heavy (non-hydrogen) atoms. The third-order valence-corrected chi connectivity index (χ3v) is 5.68. The van der Waals surface area contributed by atoms with Gasteiger partial charge in [-0.2, -0.15) is 5.01 Å². The number of urea groups is 1. The van der Waals surface area contributed by atoms with Crippen molar-refractivity contribution >= 4 is 28.7 Å². The molecule has 1 saturated heterocycles. The van der Waals surface area contributed by atoms with Crippen molar-refractivity contribution in [3.05, 3.63) is 29.5 Å². The molecule has 1 aromatic heterocycles. The van der Waals surface area contributed by atoms with Crippen LogP contribution in [0, 0.1) is 6.92 Å². The van der Waals surface area contributed by atoms with E-state index in [9.17, 15) is 14.4 Å². The van der Waals surface area contributed by atoms with Crippen LogP contribution in [0.1, 0.15) is 57.2 Å². The maximum atomic E-state index is 12.9. The van der Waals surface area contributed by atoms with E-state index >= 15 is 0 Å². The van der Waals surface area contributed by atoms with E-state index in [0.29, 0.717) is 19.3 Å². The van der Waals surface area contributed by atoms with Crippen LogP contribution in [0.25, 0.3) is 10.9 Å². The van der Waals surface area contributed by atoms with E-state index in [0.717, 1.165) is 45.8 Å². The highest BCUT2D eigenvalue weighted by atomic mass is 16.5.